The summed E-state index contributed by atoms with van der Waals surface area (Å²) in [4.78, 5) is 28.6. The van der Waals surface area contributed by atoms with Crippen LogP contribution in [0.2, 0.25) is 0 Å². The van der Waals surface area contributed by atoms with Crippen molar-refractivity contribution in [2.75, 3.05) is 44.7 Å². The second-order valence-electron chi connectivity index (χ2n) is 12.0. The molecule has 1 amide bonds. The SMILES string of the molecule is C=CC(=O)N1CCN(c2nc(OC[C@@H]3CCCN3C)nc3c2CC[C@@]2(CC[C@@H](C)c4ccccc42)O3)C[C@@H]1CC#N. The Morgan fingerprint density at radius 2 is 2.07 bits per heavy atom. The van der Waals surface area contributed by atoms with Gasteiger partial charge >= 0.3 is 6.01 Å². The first-order chi connectivity index (χ1) is 19.9. The Labute approximate surface area is 242 Å². The lowest BCUT2D eigenvalue weighted by molar-refractivity contribution is -0.128. The van der Waals surface area contributed by atoms with Crippen molar-refractivity contribution in [2.24, 2.45) is 0 Å². The number of hydrogen-bond donors (Lipinski definition) is 0. The molecular formula is C32H40N6O3. The van der Waals surface area contributed by atoms with Gasteiger partial charge in [0.25, 0.3) is 0 Å². The molecule has 1 spiro atoms. The number of hydrogen-bond acceptors (Lipinski definition) is 8. The molecule has 216 valence electrons. The maximum absolute atomic E-state index is 12.5. The maximum Gasteiger partial charge on any atom is 0.321 e. The second-order valence-corrected chi connectivity index (χ2v) is 12.0. The van der Waals surface area contributed by atoms with Crippen molar-refractivity contribution < 1.29 is 14.3 Å². The third-order valence-electron chi connectivity index (χ3n) is 9.60. The fraction of sp³-hybridized carbons (Fsp3) is 0.562. The van der Waals surface area contributed by atoms with Crippen LogP contribution in [-0.4, -0.2) is 77.6 Å². The molecule has 0 saturated carbocycles. The molecule has 0 radical (unpaired) electrons. The number of ether oxygens (including phenoxy) is 2. The highest BCUT2D eigenvalue weighted by molar-refractivity contribution is 5.87. The first kappa shape index (κ1) is 27.5. The van der Waals surface area contributed by atoms with E-state index >= 15 is 0 Å². The van der Waals surface area contributed by atoms with Crippen molar-refractivity contribution in [3.05, 3.63) is 53.6 Å². The molecule has 4 heterocycles. The van der Waals surface area contributed by atoms with Crippen LogP contribution in [0.4, 0.5) is 5.82 Å². The van der Waals surface area contributed by atoms with E-state index in [2.05, 4.69) is 60.7 Å². The van der Waals surface area contributed by atoms with Crippen LogP contribution >= 0.6 is 0 Å². The van der Waals surface area contributed by atoms with E-state index in [0.717, 1.165) is 56.5 Å². The Bertz CT molecular complexity index is 1360. The molecule has 2 aromatic rings. The van der Waals surface area contributed by atoms with Gasteiger partial charge in [0.15, 0.2) is 0 Å². The lowest BCUT2D eigenvalue weighted by atomic mass is 9.71. The van der Waals surface area contributed by atoms with Gasteiger partial charge in [-0.15, -0.1) is 0 Å². The van der Waals surface area contributed by atoms with Gasteiger partial charge in [-0.3, -0.25) is 4.79 Å². The molecule has 0 unspecified atom stereocenters. The Hall–Kier alpha value is -3.64. The summed E-state index contributed by atoms with van der Waals surface area (Å²) < 4.78 is 13.2. The number of likely N-dealkylation sites (tertiary alicyclic amines) is 1. The molecule has 1 aromatic carbocycles. The molecular weight excluding hydrogens is 516 g/mol. The Morgan fingerprint density at radius 3 is 2.85 bits per heavy atom. The van der Waals surface area contributed by atoms with E-state index in [4.69, 9.17) is 19.4 Å². The standard InChI is InChI=1S/C32H40N6O3/c1-4-28(39)38-19-18-37(20-23(38)13-16-33)29-26-12-15-32(14-11-22(2)25-9-5-6-10-27(25)32)41-30(26)35-31(34-29)40-21-24-8-7-17-36(24)3/h4-6,9-10,22-24H,1,7-8,11-15,17-21H2,2-3H3/t22-,23+,24+,32-/m1/s1. The lowest BCUT2D eigenvalue weighted by Gasteiger charge is -2.45. The van der Waals surface area contributed by atoms with Crippen LogP contribution in [0.3, 0.4) is 0 Å². The van der Waals surface area contributed by atoms with Gasteiger partial charge < -0.3 is 24.2 Å². The van der Waals surface area contributed by atoms with Crippen LogP contribution < -0.4 is 14.4 Å². The first-order valence-corrected chi connectivity index (χ1v) is 15.0. The summed E-state index contributed by atoms with van der Waals surface area (Å²) in [6.45, 7) is 9.15. The summed E-state index contributed by atoms with van der Waals surface area (Å²) in [5, 5.41) is 9.52. The molecule has 1 aromatic heterocycles. The third-order valence-corrected chi connectivity index (χ3v) is 9.60. The molecule has 9 nitrogen and oxygen atoms in total. The largest absolute Gasteiger partial charge is 0.466 e. The minimum atomic E-state index is -0.414. The molecule has 4 atom stereocenters. The van der Waals surface area contributed by atoms with E-state index < -0.39 is 5.60 Å². The van der Waals surface area contributed by atoms with E-state index in [1.165, 1.54) is 17.2 Å². The number of fused-ring (bicyclic) bond motifs is 3. The zero-order chi connectivity index (χ0) is 28.6. The maximum atomic E-state index is 12.5. The number of piperazine rings is 1. The van der Waals surface area contributed by atoms with Crippen LogP contribution in [0.1, 0.15) is 68.1 Å². The molecule has 0 N–H and O–H groups in total. The summed E-state index contributed by atoms with van der Waals surface area (Å²) in [5.74, 6) is 1.75. The number of carbonyl (C=O) groups excluding carboxylic acids is 1. The van der Waals surface area contributed by atoms with Gasteiger partial charge in [-0.05, 0) is 75.2 Å². The van der Waals surface area contributed by atoms with E-state index in [1.807, 2.05) is 0 Å². The molecule has 3 aliphatic heterocycles. The van der Waals surface area contributed by atoms with Gasteiger partial charge in [-0.1, -0.05) is 37.8 Å². The topological polar surface area (TPSA) is 94.8 Å². The van der Waals surface area contributed by atoms with Gasteiger partial charge in [-0.25, -0.2) is 0 Å². The van der Waals surface area contributed by atoms with E-state index in [0.29, 0.717) is 50.1 Å². The average Bonchev–Trinajstić information content (AvgIpc) is 3.41. The monoisotopic (exact) mass is 556 g/mol. The predicted molar refractivity (Wildman–Crippen MR) is 156 cm³/mol. The number of likely N-dealkylation sites (N-methyl/N-ethyl adjacent to an activating group) is 1. The number of carbonyl (C=O) groups is 1. The van der Waals surface area contributed by atoms with Crippen molar-refractivity contribution in [3.8, 4) is 18.0 Å². The highest BCUT2D eigenvalue weighted by Crippen LogP contribution is 2.50. The quantitative estimate of drug-likeness (QED) is 0.489. The summed E-state index contributed by atoms with van der Waals surface area (Å²) in [7, 11) is 2.13. The second kappa shape index (κ2) is 11.3. The first-order valence-electron chi connectivity index (χ1n) is 15.0. The van der Waals surface area contributed by atoms with Crippen molar-refractivity contribution in [2.45, 2.75) is 75.5 Å². The number of benzene rings is 1. The number of amides is 1. The van der Waals surface area contributed by atoms with Crippen LogP contribution in [0.15, 0.2) is 36.9 Å². The molecule has 9 heteroatoms. The summed E-state index contributed by atoms with van der Waals surface area (Å²) >= 11 is 0. The third kappa shape index (κ3) is 5.14. The van der Waals surface area contributed by atoms with Gasteiger partial charge in [0.1, 0.15) is 18.0 Å². The number of nitriles is 1. The van der Waals surface area contributed by atoms with Crippen molar-refractivity contribution >= 4 is 11.7 Å². The fourth-order valence-electron chi connectivity index (χ4n) is 7.17. The van der Waals surface area contributed by atoms with Crippen molar-refractivity contribution in [3.63, 3.8) is 0 Å². The number of anilines is 1. The molecule has 1 aliphatic carbocycles. The molecule has 6 rings (SSSR count). The zero-order valence-corrected chi connectivity index (χ0v) is 24.2. The summed E-state index contributed by atoms with van der Waals surface area (Å²) in [5.41, 5.74) is 3.20. The van der Waals surface area contributed by atoms with Crippen molar-refractivity contribution in [1.29, 1.82) is 5.26 Å². The lowest BCUT2D eigenvalue weighted by Crippen LogP contribution is -2.55. The smallest absolute Gasteiger partial charge is 0.321 e. The number of nitrogens with zero attached hydrogens (tertiary/aromatic N) is 6. The minimum Gasteiger partial charge on any atom is -0.466 e. The summed E-state index contributed by atoms with van der Waals surface area (Å²) in [6.07, 6.45) is 7.48. The minimum absolute atomic E-state index is 0.144. The molecule has 0 bridgehead atoms. The van der Waals surface area contributed by atoms with Crippen molar-refractivity contribution in [1.82, 2.24) is 19.8 Å². The Kier molecular flexibility index (Phi) is 7.60. The van der Waals surface area contributed by atoms with Crippen LogP contribution in [0.25, 0.3) is 0 Å². The van der Waals surface area contributed by atoms with Crippen LogP contribution in [0.5, 0.6) is 11.9 Å². The fourth-order valence-corrected chi connectivity index (χ4v) is 7.17. The molecule has 4 aliphatic rings. The summed E-state index contributed by atoms with van der Waals surface area (Å²) in [6, 6.07) is 11.4. The number of rotatable bonds is 6. The Morgan fingerprint density at radius 1 is 1.22 bits per heavy atom. The van der Waals surface area contributed by atoms with Gasteiger partial charge in [0, 0.05) is 25.7 Å². The van der Waals surface area contributed by atoms with Gasteiger partial charge in [-0.2, -0.15) is 15.2 Å². The average molecular weight is 557 g/mol. The highest BCUT2D eigenvalue weighted by atomic mass is 16.5. The van der Waals surface area contributed by atoms with E-state index in [-0.39, 0.29) is 18.4 Å². The van der Waals surface area contributed by atoms with Crippen LogP contribution in [-0.2, 0) is 16.8 Å². The normalized spacial score (nSPS) is 27.5. The van der Waals surface area contributed by atoms with Crippen LogP contribution in [0, 0.1) is 11.3 Å². The van der Waals surface area contributed by atoms with Gasteiger partial charge in [0.2, 0.25) is 11.8 Å². The van der Waals surface area contributed by atoms with E-state index in [9.17, 15) is 10.1 Å². The Balaban J connectivity index is 1.35. The predicted octanol–water partition coefficient (Wildman–Crippen LogP) is 4.18. The van der Waals surface area contributed by atoms with E-state index in [1.54, 1.807) is 4.90 Å². The molecule has 41 heavy (non-hydrogen) atoms. The zero-order valence-electron chi connectivity index (χ0n) is 24.2. The highest BCUT2D eigenvalue weighted by Gasteiger charge is 2.45. The molecule has 2 fully saturated rings. The molecule has 2 saturated heterocycles. The number of aromatic nitrogens is 2. The van der Waals surface area contributed by atoms with Gasteiger partial charge in [0.05, 0.1) is 24.1 Å².